The van der Waals surface area contributed by atoms with Crippen molar-refractivity contribution in [3.05, 3.63) is 23.5 Å². The molecule has 1 fully saturated rings. The number of amides is 1. The van der Waals surface area contributed by atoms with Crippen molar-refractivity contribution >= 4 is 5.91 Å². The highest BCUT2D eigenvalue weighted by molar-refractivity contribution is 5.92. The van der Waals surface area contributed by atoms with Crippen LogP contribution in [0.25, 0.3) is 0 Å². The maximum atomic E-state index is 12.6. The summed E-state index contributed by atoms with van der Waals surface area (Å²) in [6.45, 7) is 0. The first-order valence-electron chi connectivity index (χ1n) is 4.91. The summed E-state index contributed by atoms with van der Waals surface area (Å²) < 4.78 is 42.9. The fraction of sp³-hybridized carbons (Fsp3) is 0.400. The van der Waals surface area contributed by atoms with Crippen molar-refractivity contribution in [1.82, 2.24) is 4.98 Å². The number of carbonyl (C=O) groups excluding carboxylic acids is 1. The number of aromatic nitrogens is 1. The highest BCUT2D eigenvalue weighted by atomic mass is 19.4. The van der Waals surface area contributed by atoms with Crippen LogP contribution in [0.4, 0.5) is 13.2 Å². The molecule has 7 heteroatoms. The van der Waals surface area contributed by atoms with Crippen LogP contribution in [0, 0.1) is 0 Å². The van der Waals surface area contributed by atoms with Gasteiger partial charge in [0.2, 0.25) is 5.91 Å². The maximum Gasteiger partial charge on any atom is 0.437 e. The normalized spacial score (nSPS) is 15.7. The molecular formula is C10H9F3N2O2. The number of carbonyl (C=O) groups is 1. The molecule has 1 aromatic heterocycles. The lowest BCUT2D eigenvalue weighted by Crippen LogP contribution is -2.16. The molecule has 2 rings (SSSR count). The van der Waals surface area contributed by atoms with Crippen LogP contribution in [0.15, 0.2) is 12.3 Å². The van der Waals surface area contributed by atoms with E-state index in [2.05, 4.69) is 4.98 Å². The number of halogens is 3. The molecule has 17 heavy (non-hydrogen) atoms. The summed E-state index contributed by atoms with van der Waals surface area (Å²) in [5, 5.41) is 0. The van der Waals surface area contributed by atoms with E-state index in [0.717, 1.165) is 12.3 Å². The molecule has 0 atom stereocenters. The van der Waals surface area contributed by atoms with Crippen molar-refractivity contribution in [2.24, 2.45) is 5.73 Å². The van der Waals surface area contributed by atoms with E-state index in [1.807, 2.05) is 0 Å². The number of nitrogens with two attached hydrogens (primary N) is 1. The standard InChI is InChI=1S/C10H9F3N2O2/c11-10(12,13)8-7(17-6-1-2-6)3-5(4-15-8)9(14)16/h3-4,6H,1-2H2,(H2,14,16). The first kappa shape index (κ1) is 11.7. The van der Waals surface area contributed by atoms with Gasteiger partial charge in [0.25, 0.3) is 0 Å². The molecule has 0 bridgehead atoms. The smallest absolute Gasteiger partial charge is 0.437 e. The van der Waals surface area contributed by atoms with Gasteiger partial charge in [-0.15, -0.1) is 0 Å². The first-order valence-corrected chi connectivity index (χ1v) is 4.91. The second-order valence-electron chi connectivity index (χ2n) is 3.75. The van der Waals surface area contributed by atoms with Gasteiger partial charge in [-0.1, -0.05) is 0 Å². The third-order valence-corrected chi connectivity index (χ3v) is 2.22. The number of rotatable bonds is 3. The Hall–Kier alpha value is -1.79. The first-order chi connectivity index (χ1) is 7.88. The molecule has 0 aromatic carbocycles. The number of hydrogen-bond donors (Lipinski definition) is 1. The van der Waals surface area contributed by atoms with Gasteiger partial charge in [0.05, 0.1) is 11.7 Å². The predicted octanol–water partition coefficient (Wildman–Crippen LogP) is 1.74. The molecule has 0 unspecified atom stereocenters. The van der Waals surface area contributed by atoms with Crippen molar-refractivity contribution in [3.8, 4) is 5.75 Å². The second-order valence-corrected chi connectivity index (χ2v) is 3.75. The maximum absolute atomic E-state index is 12.6. The number of primary amides is 1. The van der Waals surface area contributed by atoms with Gasteiger partial charge in [-0.25, -0.2) is 4.98 Å². The molecule has 1 aliphatic carbocycles. The molecule has 0 saturated heterocycles. The number of hydrogen-bond acceptors (Lipinski definition) is 3. The van der Waals surface area contributed by atoms with Crippen LogP contribution >= 0.6 is 0 Å². The van der Waals surface area contributed by atoms with Gasteiger partial charge in [-0.2, -0.15) is 13.2 Å². The minimum Gasteiger partial charge on any atom is -0.488 e. The molecular weight excluding hydrogens is 237 g/mol. The molecule has 0 aliphatic heterocycles. The van der Waals surface area contributed by atoms with E-state index in [0.29, 0.717) is 12.8 Å². The summed E-state index contributed by atoms with van der Waals surface area (Å²) in [6, 6.07) is 0.983. The van der Waals surface area contributed by atoms with Crippen molar-refractivity contribution in [3.63, 3.8) is 0 Å². The summed E-state index contributed by atoms with van der Waals surface area (Å²) in [5.74, 6) is -1.27. The Morgan fingerprint density at radius 1 is 1.47 bits per heavy atom. The summed E-state index contributed by atoms with van der Waals surface area (Å²) in [4.78, 5) is 14.1. The lowest BCUT2D eigenvalue weighted by Gasteiger charge is -2.13. The fourth-order valence-corrected chi connectivity index (χ4v) is 1.25. The van der Waals surface area contributed by atoms with E-state index in [-0.39, 0.29) is 11.7 Å². The molecule has 1 saturated carbocycles. The summed E-state index contributed by atoms with van der Waals surface area (Å²) in [5.41, 5.74) is 3.74. The average Bonchev–Trinajstić information content (AvgIpc) is 2.99. The molecule has 0 radical (unpaired) electrons. The molecule has 1 aromatic rings. The van der Waals surface area contributed by atoms with Crippen LogP contribution in [-0.2, 0) is 6.18 Å². The SMILES string of the molecule is NC(=O)c1cnc(C(F)(F)F)c(OC2CC2)c1. The number of nitrogens with zero attached hydrogens (tertiary/aromatic N) is 1. The Morgan fingerprint density at radius 3 is 2.59 bits per heavy atom. The Labute approximate surface area is 94.6 Å². The quantitative estimate of drug-likeness (QED) is 0.883. The molecule has 1 aliphatic rings. The molecule has 0 spiro atoms. The monoisotopic (exact) mass is 246 g/mol. The molecule has 1 amide bonds. The van der Waals surface area contributed by atoms with Crippen LogP contribution in [0.2, 0.25) is 0 Å². The van der Waals surface area contributed by atoms with Gasteiger partial charge in [-0.05, 0) is 18.9 Å². The third kappa shape index (κ3) is 2.66. The van der Waals surface area contributed by atoms with Crippen molar-refractivity contribution in [2.45, 2.75) is 25.1 Å². The summed E-state index contributed by atoms with van der Waals surface area (Å²) in [7, 11) is 0. The van der Waals surface area contributed by atoms with Gasteiger partial charge >= 0.3 is 6.18 Å². The molecule has 2 N–H and O–H groups in total. The van der Waals surface area contributed by atoms with E-state index in [4.69, 9.17) is 10.5 Å². The van der Waals surface area contributed by atoms with Crippen LogP contribution in [0.5, 0.6) is 5.75 Å². The van der Waals surface area contributed by atoms with Crippen molar-refractivity contribution in [2.75, 3.05) is 0 Å². The zero-order valence-electron chi connectivity index (χ0n) is 8.62. The number of ether oxygens (including phenoxy) is 1. The van der Waals surface area contributed by atoms with E-state index in [9.17, 15) is 18.0 Å². The Morgan fingerprint density at radius 2 is 2.12 bits per heavy atom. The van der Waals surface area contributed by atoms with Gasteiger partial charge in [0, 0.05) is 6.20 Å². The highest BCUT2D eigenvalue weighted by Crippen LogP contribution is 2.37. The highest BCUT2D eigenvalue weighted by Gasteiger charge is 2.38. The Bertz CT molecular complexity index is 455. The molecule has 1 heterocycles. The lowest BCUT2D eigenvalue weighted by atomic mass is 10.2. The predicted molar refractivity (Wildman–Crippen MR) is 51.4 cm³/mol. The van der Waals surface area contributed by atoms with Gasteiger partial charge in [0.15, 0.2) is 11.4 Å². The summed E-state index contributed by atoms with van der Waals surface area (Å²) >= 11 is 0. The third-order valence-electron chi connectivity index (χ3n) is 2.22. The van der Waals surface area contributed by atoms with E-state index >= 15 is 0 Å². The van der Waals surface area contributed by atoms with Crippen molar-refractivity contribution < 1.29 is 22.7 Å². The van der Waals surface area contributed by atoms with Gasteiger partial charge in [0.1, 0.15) is 0 Å². The van der Waals surface area contributed by atoms with Gasteiger partial charge in [-0.3, -0.25) is 4.79 Å². The van der Waals surface area contributed by atoms with E-state index in [1.165, 1.54) is 0 Å². The zero-order valence-corrected chi connectivity index (χ0v) is 8.62. The molecule has 92 valence electrons. The topological polar surface area (TPSA) is 65.2 Å². The van der Waals surface area contributed by atoms with E-state index < -0.39 is 23.5 Å². The van der Waals surface area contributed by atoms with Gasteiger partial charge < -0.3 is 10.5 Å². The van der Waals surface area contributed by atoms with Crippen LogP contribution in [0.3, 0.4) is 0 Å². The van der Waals surface area contributed by atoms with Crippen molar-refractivity contribution in [1.29, 1.82) is 0 Å². The molecule has 4 nitrogen and oxygen atoms in total. The number of alkyl halides is 3. The van der Waals surface area contributed by atoms with E-state index in [1.54, 1.807) is 0 Å². The Balaban J connectivity index is 2.39. The lowest BCUT2D eigenvalue weighted by molar-refractivity contribution is -0.142. The minimum atomic E-state index is -4.61. The number of pyridine rings is 1. The zero-order chi connectivity index (χ0) is 12.6. The van der Waals surface area contributed by atoms with Crippen LogP contribution in [0.1, 0.15) is 28.9 Å². The minimum absolute atomic E-state index is 0.103. The Kier molecular flexibility index (Phi) is 2.68. The fourth-order valence-electron chi connectivity index (χ4n) is 1.25. The summed E-state index contributed by atoms with van der Waals surface area (Å²) in [6.07, 6.45) is -2.62. The largest absolute Gasteiger partial charge is 0.488 e. The van der Waals surface area contributed by atoms with Crippen LogP contribution in [-0.4, -0.2) is 17.0 Å². The average molecular weight is 246 g/mol. The second kappa shape index (κ2) is 3.90. The van der Waals surface area contributed by atoms with Crippen LogP contribution < -0.4 is 10.5 Å².